The Labute approximate surface area is 204 Å². The van der Waals surface area contributed by atoms with E-state index in [4.69, 9.17) is 50.0 Å². The molecule has 2 heterocycles. The van der Waals surface area contributed by atoms with Gasteiger partial charge >= 0.3 is 0 Å². The van der Waals surface area contributed by atoms with E-state index >= 15 is 0 Å². The quantitative estimate of drug-likeness (QED) is 0.128. The molecule has 0 spiro atoms. The van der Waals surface area contributed by atoms with Gasteiger partial charge in [-0.05, 0) is 0 Å². The predicted molar refractivity (Wildman–Crippen MR) is 110 cm³/mol. The van der Waals surface area contributed by atoms with E-state index < -0.39 is 112 Å². The molecule has 0 bridgehead atoms. The average Bonchev–Trinajstić information content (AvgIpc) is 2.87. The average molecular weight is 542 g/mol. The van der Waals surface area contributed by atoms with Crippen LogP contribution in [0.4, 0.5) is 0 Å². The third-order valence-corrected chi connectivity index (χ3v) is 5.49. The smallest absolute Gasteiger partial charge is 0.187 e. The normalized spacial score (nSPS) is 40.2. The summed E-state index contributed by atoms with van der Waals surface area (Å²) in [5.41, 5.74) is 0. The molecule has 18 heteroatoms. The van der Waals surface area contributed by atoms with Crippen molar-refractivity contribution in [2.45, 2.75) is 85.8 Å². The Morgan fingerprint density at radius 1 is 0.583 bits per heavy atom. The molecule has 18 nitrogen and oxygen atoms in total. The van der Waals surface area contributed by atoms with Gasteiger partial charge in [-0.25, -0.2) is 0 Å². The van der Waals surface area contributed by atoms with Gasteiger partial charge in [-0.15, -0.1) is 0 Å². The van der Waals surface area contributed by atoms with Crippen molar-refractivity contribution in [1.29, 1.82) is 0 Å². The first-order valence-electron chi connectivity index (χ1n) is 10.6. The van der Waals surface area contributed by atoms with Gasteiger partial charge in [0.1, 0.15) is 73.2 Å². The fraction of sp³-hybridized carbons (Fsp3) is 1.00. The summed E-state index contributed by atoms with van der Waals surface area (Å²) in [6.07, 6.45) is -22.0. The maximum absolute atomic E-state index is 9.94. The molecular weight excluding hydrogens is 504 g/mol. The Bertz CT molecular complexity index is 568. The SMILES string of the molecule is O.OC[C@@H](O)[C@@H](O)[C@H](O)[C@H](O)CO.OC[C@H]1O[C@@H](O[C@H]2[C@H](O)[C@@H](O)[C@H](O)O[C@@H]2CO)[C@H](O)[C@@H](O)[C@H]1O. The fourth-order valence-electron chi connectivity index (χ4n) is 3.24. The highest BCUT2D eigenvalue weighted by molar-refractivity contribution is 4.93. The van der Waals surface area contributed by atoms with Gasteiger partial charge < -0.3 is 91.2 Å². The molecule has 2 saturated heterocycles. The van der Waals surface area contributed by atoms with Crippen LogP contribution >= 0.6 is 0 Å². The molecule has 16 N–H and O–H groups in total. The molecule has 14 atom stereocenters. The van der Waals surface area contributed by atoms with Crippen LogP contribution in [0.3, 0.4) is 0 Å². The molecule has 0 amide bonds. The van der Waals surface area contributed by atoms with Gasteiger partial charge in [0.05, 0.1) is 26.4 Å². The summed E-state index contributed by atoms with van der Waals surface area (Å²) in [5.74, 6) is 0. The minimum absolute atomic E-state index is 0. The zero-order valence-corrected chi connectivity index (χ0v) is 18.9. The van der Waals surface area contributed by atoms with Crippen molar-refractivity contribution >= 4 is 0 Å². The molecule has 0 aliphatic carbocycles. The monoisotopic (exact) mass is 542 g/mol. The van der Waals surface area contributed by atoms with Crippen LogP contribution in [0, 0.1) is 0 Å². The summed E-state index contributed by atoms with van der Waals surface area (Å²) in [7, 11) is 0. The summed E-state index contributed by atoms with van der Waals surface area (Å²) in [6.45, 7) is -2.80. The maximum Gasteiger partial charge on any atom is 0.187 e. The van der Waals surface area contributed by atoms with Crippen LogP contribution in [0.25, 0.3) is 0 Å². The fourth-order valence-corrected chi connectivity index (χ4v) is 3.24. The largest absolute Gasteiger partial charge is 0.412 e. The molecule has 0 radical (unpaired) electrons. The number of aliphatic hydroxyl groups is 14. The molecule has 2 aliphatic heterocycles. The zero-order valence-electron chi connectivity index (χ0n) is 18.9. The van der Waals surface area contributed by atoms with Gasteiger partial charge in [0.15, 0.2) is 12.6 Å². The predicted octanol–water partition coefficient (Wildman–Crippen LogP) is -9.81. The van der Waals surface area contributed by atoms with Crippen LogP contribution in [0.2, 0.25) is 0 Å². The van der Waals surface area contributed by atoms with Crippen molar-refractivity contribution in [1.82, 2.24) is 0 Å². The molecule has 0 aromatic carbocycles. The Morgan fingerprint density at radius 3 is 1.47 bits per heavy atom. The van der Waals surface area contributed by atoms with E-state index in [1.54, 1.807) is 0 Å². The van der Waals surface area contributed by atoms with Crippen LogP contribution in [-0.2, 0) is 14.2 Å². The molecule has 36 heavy (non-hydrogen) atoms. The van der Waals surface area contributed by atoms with Crippen molar-refractivity contribution in [3.63, 3.8) is 0 Å². The lowest BCUT2D eigenvalue weighted by atomic mass is 9.97. The maximum atomic E-state index is 9.94. The van der Waals surface area contributed by atoms with E-state index in [9.17, 15) is 35.7 Å². The molecule has 2 aliphatic rings. The molecule has 218 valence electrons. The summed E-state index contributed by atoms with van der Waals surface area (Å²) < 4.78 is 15.3. The molecule has 0 aromatic heterocycles. The van der Waals surface area contributed by atoms with Crippen molar-refractivity contribution in [3.05, 3.63) is 0 Å². The first-order valence-corrected chi connectivity index (χ1v) is 10.6. The number of hydrogen-bond acceptors (Lipinski definition) is 17. The van der Waals surface area contributed by atoms with Crippen LogP contribution in [0.15, 0.2) is 0 Å². The highest BCUT2D eigenvalue weighted by Gasteiger charge is 2.50. The third-order valence-electron chi connectivity index (χ3n) is 5.49. The molecule has 2 rings (SSSR count). The summed E-state index contributed by atoms with van der Waals surface area (Å²) in [6, 6.07) is 0. The highest BCUT2D eigenvalue weighted by Crippen LogP contribution is 2.28. The van der Waals surface area contributed by atoms with Crippen molar-refractivity contribution in [2.75, 3.05) is 26.4 Å². The zero-order chi connectivity index (χ0) is 27.0. The van der Waals surface area contributed by atoms with Crippen molar-refractivity contribution in [3.8, 4) is 0 Å². The van der Waals surface area contributed by atoms with E-state index in [0.29, 0.717) is 0 Å². The van der Waals surface area contributed by atoms with Gasteiger partial charge in [-0.3, -0.25) is 0 Å². The van der Waals surface area contributed by atoms with Crippen LogP contribution in [0.1, 0.15) is 0 Å². The second-order valence-electron chi connectivity index (χ2n) is 8.01. The number of rotatable bonds is 9. The van der Waals surface area contributed by atoms with E-state index in [0.717, 1.165) is 0 Å². The molecule has 0 saturated carbocycles. The Balaban J connectivity index is 0.000000807. The number of hydrogen-bond donors (Lipinski definition) is 14. The lowest BCUT2D eigenvalue weighted by Gasteiger charge is -2.45. The second kappa shape index (κ2) is 16.3. The van der Waals surface area contributed by atoms with Gasteiger partial charge in [-0.2, -0.15) is 0 Å². The topological polar surface area (TPSA) is 342 Å². The van der Waals surface area contributed by atoms with Crippen LogP contribution in [0.5, 0.6) is 0 Å². The van der Waals surface area contributed by atoms with E-state index in [2.05, 4.69) is 0 Å². The van der Waals surface area contributed by atoms with E-state index in [1.165, 1.54) is 0 Å². The Morgan fingerprint density at radius 2 is 1.06 bits per heavy atom. The van der Waals surface area contributed by atoms with Gasteiger partial charge in [0.2, 0.25) is 0 Å². The first-order chi connectivity index (χ1) is 16.4. The minimum atomic E-state index is -1.74. The van der Waals surface area contributed by atoms with E-state index in [-0.39, 0.29) is 5.48 Å². The Hall–Kier alpha value is -0.720. The molecular formula is C18H38O18. The first kappa shape index (κ1) is 35.3. The summed E-state index contributed by atoms with van der Waals surface area (Å²) >= 11 is 0. The van der Waals surface area contributed by atoms with Gasteiger partial charge in [-0.1, -0.05) is 0 Å². The van der Waals surface area contributed by atoms with Crippen molar-refractivity contribution in [2.24, 2.45) is 0 Å². The highest BCUT2D eigenvalue weighted by atomic mass is 16.7. The summed E-state index contributed by atoms with van der Waals surface area (Å²) in [4.78, 5) is 0. The lowest BCUT2D eigenvalue weighted by Crippen LogP contribution is -2.64. The Kier molecular flexibility index (Phi) is 16.0. The molecule has 2 fully saturated rings. The summed E-state index contributed by atoms with van der Waals surface area (Å²) in [5, 5.41) is 129. The van der Waals surface area contributed by atoms with Gasteiger partial charge in [0.25, 0.3) is 0 Å². The minimum Gasteiger partial charge on any atom is -0.412 e. The molecule has 0 unspecified atom stereocenters. The van der Waals surface area contributed by atoms with Crippen molar-refractivity contribution < 1.29 is 91.2 Å². The molecule has 0 aromatic rings. The number of ether oxygens (including phenoxy) is 3. The van der Waals surface area contributed by atoms with E-state index in [1.807, 2.05) is 0 Å². The third kappa shape index (κ3) is 8.66. The van der Waals surface area contributed by atoms with Crippen LogP contribution in [-0.4, -0.2) is 189 Å². The second-order valence-corrected chi connectivity index (χ2v) is 8.01. The van der Waals surface area contributed by atoms with Gasteiger partial charge in [0, 0.05) is 0 Å². The van der Waals surface area contributed by atoms with Crippen LogP contribution < -0.4 is 0 Å². The number of aliphatic hydroxyl groups excluding tert-OH is 14. The standard InChI is InChI=1S/C12H22O11.C6H14O6.H2O/c13-1-3-5(15)6(16)9(19)12(22-3)23-10-4(2-14)21-11(20)8(18)7(10)17;7-1-3(9)5(11)6(12)4(10)2-8;/h3-20H,1-2H2;3-12H,1-2H2;1H2/t3-,4-,5+,6+,7-,8-,9-,10-,11-,12+;3-,4-,5-,6-;/m11./s1. The lowest BCUT2D eigenvalue weighted by molar-refractivity contribution is -0.355.